The van der Waals surface area contributed by atoms with Gasteiger partial charge >= 0.3 is 5.97 Å². The predicted molar refractivity (Wildman–Crippen MR) is 85.8 cm³/mol. The normalized spacial score (nSPS) is 11.2. The van der Waals surface area contributed by atoms with Crippen molar-refractivity contribution in [3.8, 4) is 0 Å². The average molecular weight is 299 g/mol. The molecule has 116 valence electrons. The van der Waals surface area contributed by atoms with Crippen LogP contribution in [-0.2, 0) is 23.2 Å². The highest BCUT2D eigenvalue weighted by atomic mass is 16.4. The standard InChI is InChI=1S/C17H21N3O2/c1-17(2,3)16-19-10-13(11-20-16)9-18-14-6-4-5-12(7-14)8-15(21)22/h4-7,10-11,18H,8-9H2,1-3H3,(H,21,22). The molecule has 1 aromatic heterocycles. The molecule has 0 fully saturated rings. The first kappa shape index (κ1) is 15.9. The summed E-state index contributed by atoms with van der Waals surface area (Å²) in [5.41, 5.74) is 2.59. The molecule has 0 aliphatic carbocycles. The van der Waals surface area contributed by atoms with Gasteiger partial charge in [0.05, 0.1) is 6.42 Å². The summed E-state index contributed by atoms with van der Waals surface area (Å²) in [5, 5.41) is 12.1. The van der Waals surface area contributed by atoms with Crippen molar-refractivity contribution in [1.82, 2.24) is 9.97 Å². The highest BCUT2D eigenvalue weighted by molar-refractivity contribution is 5.70. The highest BCUT2D eigenvalue weighted by Gasteiger charge is 2.16. The van der Waals surface area contributed by atoms with E-state index < -0.39 is 5.97 Å². The molecule has 0 spiro atoms. The van der Waals surface area contributed by atoms with Crippen molar-refractivity contribution in [2.24, 2.45) is 0 Å². The lowest BCUT2D eigenvalue weighted by Gasteiger charge is -2.16. The van der Waals surface area contributed by atoms with Crippen molar-refractivity contribution < 1.29 is 9.90 Å². The van der Waals surface area contributed by atoms with Gasteiger partial charge in [0.1, 0.15) is 5.82 Å². The van der Waals surface area contributed by atoms with Crippen LogP contribution < -0.4 is 5.32 Å². The van der Waals surface area contributed by atoms with Crippen LogP contribution in [0, 0.1) is 0 Å². The summed E-state index contributed by atoms with van der Waals surface area (Å²) < 4.78 is 0. The van der Waals surface area contributed by atoms with E-state index in [0.717, 1.165) is 22.6 Å². The first-order valence-corrected chi connectivity index (χ1v) is 7.20. The number of carboxylic acid groups (broad SMARTS) is 1. The molecular weight excluding hydrogens is 278 g/mol. The summed E-state index contributed by atoms with van der Waals surface area (Å²) >= 11 is 0. The average Bonchev–Trinajstić information content (AvgIpc) is 2.44. The van der Waals surface area contributed by atoms with Crippen molar-refractivity contribution >= 4 is 11.7 Å². The molecule has 0 radical (unpaired) electrons. The van der Waals surface area contributed by atoms with Crippen molar-refractivity contribution in [2.45, 2.75) is 39.2 Å². The number of hydrogen-bond acceptors (Lipinski definition) is 4. The van der Waals surface area contributed by atoms with E-state index in [0.29, 0.717) is 6.54 Å². The second-order valence-corrected chi connectivity index (χ2v) is 6.29. The number of carboxylic acids is 1. The summed E-state index contributed by atoms with van der Waals surface area (Å²) in [6.45, 7) is 6.83. The third-order valence-electron chi connectivity index (χ3n) is 3.16. The molecule has 2 aromatic rings. The lowest BCUT2D eigenvalue weighted by Crippen LogP contribution is -2.16. The van der Waals surface area contributed by atoms with Crippen LogP contribution in [0.1, 0.15) is 37.7 Å². The Morgan fingerprint density at radius 1 is 1.18 bits per heavy atom. The number of nitrogens with one attached hydrogen (secondary N) is 1. The zero-order valence-corrected chi connectivity index (χ0v) is 13.1. The van der Waals surface area contributed by atoms with E-state index in [1.165, 1.54) is 0 Å². The number of hydrogen-bond donors (Lipinski definition) is 2. The van der Waals surface area contributed by atoms with Crippen LogP contribution in [0.3, 0.4) is 0 Å². The van der Waals surface area contributed by atoms with Gasteiger partial charge in [-0.2, -0.15) is 0 Å². The monoisotopic (exact) mass is 299 g/mol. The topological polar surface area (TPSA) is 75.1 Å². The molecule has 0 saturated carbocycles. The predicted octanol–water partition coefficient (Wildman–Crippen LogP) is 3.01. The molecule has 0 unspecified atom stereocenters. The number of aromatic nitrogens is 2. The van der Waals surface area contributed by atoms with Gasteiger partial charge < -0.3 is 10.4 Å². The summed E-state index contributed by atoms with van der Waals surface area (Å²) in [4.78, 5) is 19.5. The molecule has 2 N–H and O–H groups in total. The first-order valence-electron chi connectivity index (χ1n) is 7.20. The minimum absolute atomic E-state index is 0.0267. The highest BCUT2D eigenvalue weighted by Crippen LogP contribution is 2.17. The second-order valence-electron chi connectivity index (χ2n) is 6.29. The fraction of sp³-hybridized carbons (Fsp3) is 0.353. The molecule has 2 rings (SSSR count). The quantitative estimate of drug-likeness (QED) is 0.887. The van der Waals surface area contributed by atoms with Crippen molar-refractivity contribution in [2.75, 3.05) is 5.32 Å². The van der Waals surface area contributed by atoms with Crippen LogP contribution in [0.25, 0.3) is 0 Å². The SMILES string of the molecule is CC(C)(C)c1ncc(CNc2cccc(CC(=O)O)c2)cn1. The van der Waals surface area contributed by atoms with Gasteiger partial charge in [0.15, 0.2) is 0 Å². The van der Waals surface area contributed by atoms with Gasteiger partial charge in [-0.3, -0.25) is 4.79 Å². The van der Waals surface area contributed by atoms with Crippen LogP contribution in [0.15, 0.2) is 36.7 Å². The van der Waals surface area contributed by atoms with E-state index in [4.69, 9.17) is 5.11 Å². The molecule has 0 bridgehead atoms. The molecule has 1 aromatic carbocycles. The van der Waals surface area contributed by atoms with Crippen molar-refractivity contribution in [3.63, 3.8) is 0 Å². The maximum atomic E-state index is 10.7. The summed E-state index contributed by atoms with van der Waals surface area (Å²) in [5.74, 6) is -0.0111. The van der Waals surface area contributed by atoms with Crippen molar-refractivity contribution in [3.05, 3.63) is 53.6 Å². The van der Waals surface area contributed by atoms with Gasteiger partial charge in [-0.15, -0.1) is 0 Å². The van der Waals surface area contributed by atoms with Gasteiger partial charge in [-0.1, -0.05) is 32.9 Å². The summed E-state index contributed by atoms with van der Waals surface area (Å²) in [6, 6.07) is 7.41. The third-order valence-corrected chi connectivity index (χ3v) is 3.16. The van der Waals surface area contributed by atoms with E-state index in [2.05, 4.69) is 36.1 Å². The molecule has 5 heteroatoms. The molecule has 22 heavy (non-hydrogen) atoms. The molecule has 0 amide bonds. The Balaban J connectivity index is 1.99. The van der Waals surface area contributed by atoms with E-state index in [9.17, 15) is 4.79 Å². The molecule has 0 aliphatic heterocycles. The third kappa shape index (κ3) is 4.55. The lowest BCUT2D eigenvalue weighted by atomic mass is 9.96. The Bertz CT molecular complexity index is 646. The van der Waals surface area contributed by atoms with E-state index in [-0.39, 0.29) is 11.8 Å². The number of aliphatic carboxylic acids is 1. The molecule has 1 heterocycles. The molecule has 0 atom stereocenters. The Labute approximate surface area is 130 Å². The molecule has 0 saturated heterocycles. The van der Waals surface area contributed by atoms with Crippen molar-refractivity contribution in [1.29, 1.82) is 0 Å². The number of benzene rings is 1. The first-order chi connectivity index (χ1) is 10.3. The summed E-state index contributed by atoms with van der Waals surface area (Å²) in [7, 11) is 0. The van der Waals surface area contributed by atoms with Gasteiger partial charge in [0.25, 0.3) is 0 Å². The van der Waals surface area contributed by atoms with Crippen LogP contribution >= 0.6 is 0 Å². The van der Waals surface area contributed by atoms with Gasteiger partial charge in [0.2, 0.25) is 0 Å². The van der Waals surface area contributed by atoms with Gasteiger partial charge in [-0.25, -0.2) is 9.97 Å². The number of nitrogens with zero attached hydrogens (tertiary/aromatic N) is 2. The smallest absolute Gasteiger partial charge is 0.307 e. The van der Waals surface area contributed by atoms with Crippen LogP contribution in [0.5, 0.6) is 0 Å². The molecular formula is C17H21N3O2. The maximum Gasteiger partial charge on any atom is 0.307 e. The fourth-order valence-electron chi connectivity index (χ4n) is 2.00. The van der Waals surface area contributed by atoms with Crippen LogP contribution in [0.4, 0.5) is 5.69 Å². The number of carbonyl (C=O) groups is 1. The largest absolute Gasteiger partial charge is 0.481 e. The Morgan fingerprint density at radius 2 is 1.86 bits per heavy atom. The van der Waals surface area contributed by atoms with Gasteiger partial charge in [0, 0.05) is 35.6 Å². The number of anilines is 1. The van der Waals surface area contributed by atoms with Gasteiger partial charge in [-0.05, 0) is 17.7 Å². The van der Waals surface area contributed by atoms with E-state index in [1.54, 1.807) is 6.07 Å². The maximum absolute atomic E-state index is 10.7. The zero-order chi connectivity index (χ0) is 16.2. The van der Waals surface area contributed by atoms with E-state index >= 15 is 0 Å². The van der Waals surface area contributed by atoms with Crippen LogP contribution in [0.2, 0.25) is 0 Å². The number of rotatable bonds is 5. The fourth-order valence-corrected chi connectivity index (χ4v) is 2.00. The lowest BCUT2D eigenvalue weighted by molar-refractivity contribution is -0.136. The summed E-state index contributed by atoms with van der Waals surface area (Å²) in [6.07, 6.45) is 3.67. The Morgan fingerprint density at radius 3 is 2.45 bits per heavy atom. The molecule has 0 aliphatic rings. The second kappa shape index (κ2) is 6.56. The minimum Gasteiger partial charge on any atom is -0.481 e. The Kier molecular flexibility index (Phi) is 4.75. The zero-order valence-electron chi connectivity index (χ0n) is 13.1. The Hall–Kier alpha value is -2.43. The molecule has 5 nitrogen and oxygen atoms in total. The van der Waals surface area contributed by atoms with Crippen LogP contribution in [-0.4, -0.2) is 21.0 Å². The van der Waals surface area contributed by atoms with E-state index in [1.807, 2.05) is 30.6 Å². The minimum atomic E-state index is -0.830.